The summed E-state index contributed by atoms with van der Waals surface area (Å²) in [6.07, 6.45) is 4.13. The van der Waals surface area contributed by atoms with Crippen molar-refractivity contribution in [3.05, 3.63) is 27.7 Å². The van der Waals surface area contributed by atoms with Crippen LogP contribution in [-0.4, -0.2) is 6.54 Å². The van der Waals surface area contributed by atoms with Crippen LogP contribution < -0.4 is 5.32 Å². The molecule has 0 aromatic heterocycles. The number of benzene rings is 1. The highest BCUT2D eigenvalue weighted by molar-refractivity contribution is 9.10. The lowest BCUT2D eigenvalue weighted by molar-refractivity contribution is 0.760. The van der Waals surface area contributed by atoms with Crippen LogP contribution in [0, 0.1) is 5.92 Å². The molecule has 3 heteroatoms. The summed E-state index contributed by atoms with van der Waals surface area (Å²) in [7, 11) is 0. The Balaban J connectivity index is 1.87. The summed E-state index contributed by atoms with van der Waals surface area (Å²) in [5, 5.41) is 4.17. The van der Waals surface area contributed by atoms with Crippen molar-refractivity contribution in [2.45, 2.75) is 19.3 Å². The molecule has 0 saturated heterocycles. The first-order chi connectivity index (χ1) is 6.75. The van der Waals surface area contributed by atoms with E-state index in [4.69, 9.17) is 11.6 Å². The summed E-state index contributed by atoms with van der Waals surface area (Å²) in [6, 6.07) is 5.84. The Hall–Kier alpha value is -0.210. The third kappa shape index (κ3) is 2.89. The normalized spacial score (nSPS) is 15.6. The first-order valence-electron chi connectivity index (χ1n) is 4.94. The van der Waals surface area contributed by atoms with E-state index in [1.807, 2.05) is 18.2 Å². The fourth-order valence-corrected chi connectivity index (χ4v) is 2.27. The third-order valence-corrected chi connectivity index (χ3v) is 3.39. The molecule has 1 saturated carbocycles. The molecule has 2 rings (SSSR count). The minimum Gasteiger partial charge on any atom is -0.384 e. The van der Waals surface area contributed by atoms with Crippen LogP contribution in [0.3, 0.4) is 0 Å². The molecular weight excluding hydrogens is 261 g/mol. The number of nitrogens with one attached hydrogen (secondary N) is 1. The van der Waals surface area contributed by atoms with Gasteiger partial charge in [0.1, 0.15) is 0 Å². The summed E-state index contributed by atoms with van der Waals surface area (Å²) in [4.78, 5) is 0. The molecule has 76 valence electrons. The second-order valence-electron chi connectivity index (χ2n) is 3.78. The Morgan fingerprint density at radius 2 is 2.21 bits per heavy atom. The number of rotatable bonds is 4. The van der Waals surface area contributed by atoms with Gasteiger partial charge in [-0.15, -0.1) is 0 Å². The summed E-state index contributed by atoms with van der Waals surface area (Å²) in [5.41, 5.74) is 1.13. The van der Waals surface area contributed by atoms with Crippen LogP contribution in [0.25, 0.3) is 0 Å². The average Bonchev–Trinajstić information content (AvgIpc) is 2.92. The lowest BCUT2D eigenvalue weighted by Crippen LogP contribution is -2.02. The van der Waals surface area contributed by atoms with E-state index in [1.54, 1.807) is 0 Å². The first kappa shape index (κ1) is 10.3. The summed E-state index contributed by atoms with van der Waals surface area (Å²) >= 11 is 9.34. The fourth-order valence-electron chi connectivity index (χ4n) is 1.45. The molecule has 1 N–H and O–H groups in total. The van der Waals surface area contributed by atoms with Crippen molar-refractivity contribution in [3.63, 3.8) is 0 Å². The standard InChI is InChI=1S/C11H13BrClN/c12-10-7-9(13)3-4-11(10)14-6-5-8-1-2-8/h3-4,7-8,14H,1-2,5-6H2. The molecule has 1 fully saturated rings. The van der Waals surface area contributed by atoms with Crippen LogP contribution in [0.4, 0.5) is 5.69 Å². The maximum Gasteiger partial charge on any atom is 0.0485 e. The van der Waals surface area contributed by atoms with E-state index in [-0.39, 0.29) is 0 Å². The van der Waals surface area contributed by atoms with Crippen molar-refractivity contribution in [1.82, 2.24) is 0 Å². The quantitative estimate of drug-likeness (QED) is 0.862. The largest absolute Gasteiger partial charge is 0.384 e. The van der Waals surface area contributed by atoms with E-state index in [0.29, 0.717) is 0 Å². The van der Waals surface area contributed by atoms with Gasteiger partial charge in [0.2, 0.25) is 0 Å². The molecule has 1 nitrogen and oxygen atoms in total. The SMILES string of the molecule is Clc1ccc(NCCC2CC2)c(Br)c1. The molecule has 0 atom stereocenters. The molecule has 1 aromatic rings. The van der Waals surface area contributed by atoms with E-state index in [1.165, 1.54) is 19.3 Å². The molecule has 0 radical (unpaired) electrons. The number of hydrogen-bond donors (Lipinski definition) is 1. The fraction of sp³-hybridized carbons (Fsp3) is 0.455. The molecule has 0 heterocycles. The van der Waals surface area contributed by atoms with E-state index < -0.39 is 0 Å². The molecule has 14 heavy (non-hydrogen) atoms. The zero-order chi connectivity index (χ0) is 9.97. The number of halogens is 2. The van der Waals surface area contributed by atoms with Crippen molar-refractivity contribution in [1.29, 1.82) is 0 Å². The third-order valence-electron chi connectivity index (χ3n) is 2.50. The van der Waals surface area contributed by atoms with Crippen LogP contribution in [0.2, 0.25) is 5.02 Å². The Morgan fingerprint density at radius 3 is 2.86 bits per heavy atom. The van der Waals surface area contributed by atoms with Gasteiger partial charge < -0.3 is 5.32 Å². The van der Waals surface area contributed by atoms with Gasteiger partial charge >= 0.3 is 0 Å². The van der Waals surface area contributed by atoms with Crippen molar-refractivity contribution in [3.8, 4) is 0 Å². The smallest absolute Gasteiger partial charge is 0.0485 e. The van der Waals surface area contributed by atoms with Crippen molar-refractivity contribution in [2.75, 3.05) is 11.9 Å². The highest BCUT2D eigenvalue weighted by Gasteiger charge is 2.20. The van der Waals surface area contributed by atoms with Gasteiger partial charge in [-0.1, -0.05) is 24.4 Å². The van der Waals surface area contributed by atoms with Crippen molar-refractivity contribution < 1.29 is 0 Å². The maximum atomic E-state index is 5.85. The van der Waals surface area contributed by atoms with Gasteiger partial charge in [-0.2, -0.15) is 0 Å². The predicted octanol–water partition coefficient (Wildman–Crippen LogP) is 4.31. The molecule has 0 aliphatic heterocycles. The van der Waals surface area contributed by atoms with E-state index in [9.17, 15) is 0 Å². The molecule has 1 aliphatic carbocycles. The topological polar surface area (TPSA) is 12.0 Å². The van der Waals surface area contributed by atoms with Crippen LogP contribution in [0.1, 0.15) is 19.3 Å². The zero-order valence-electron chi connectivity index (χ0n) is 7.89. The van der Waals surface area contributed by atoms with Gasteiger partial charge in [0.25, 0.3) is 0 Å². The molecular formula is C11H13BrClN. The van der Waals surface area contributed by atoms with E-state index in [0.717, 1.165) is 27.6 Å². The highest BCUT2D eigenvalue weighted by atomic mass is 79.9. The lowest BCUT2D eigenvalue weighted by Gasteiger charge is -2.07. The van der Waals surface area contributed by atoms with E-state index in [2.05, 4.69) is 21.2 Å². The van der Waals surface area contributed by atoms with Crippen molar-refractivity contribution >= 4 is 33.2 Å². The Morgan fingerprint density at radius 1 is 1.43 bits per heavy atom. The molecule has 1 aliphatic rings. The average molecular weight is 275 g/mol. The maximum absolute atomic E-state index is 5.85. The molecule has 1 aromatic carbocycles. The second-order valence-corrected chi connectivity index (χ2v) is 5.07. The molecule has 0 bridgehead atoms. The van der Waals surface area contributed by atoms with Crippen molar-refractivity contribution in [2.24, 2.45) is 5.92 Å². The number of hydrogen-bond acceptors (Lipinski definition) is 1. The molecule has 0 unspecified atom stereocenters. The van der Waals surface area contributed by atoms with Crippen LogP contribution in [0.15, 0.2) is 22.7 Å². The van der Waals surface area contributed by atoms with Crippen LogP contribution >= 0.6 is 27.5 Å². The van der Waals surface area contributed by atoms with Crippen LogP contribution in [0.5, 0.6) is 0 Å². The Labute approximate surface area is 98.0 Å². The van der Waals surface area contributed by atoms with Gasteiger partial charge in [-0.3, -0.25) is 0 Å². The zero-order valence-corrected chi connectivity index (χ0v) is 10.2. The van der Waals surface area contributed by atoms with Gasteiger partial charge in [0, 0.05) is 21.7 Å². The monoisotopic (exact) mass is 273 g/mol. The van der Waals surface area contributed by atoms with Gasteiger partial charge in [-0.25, -0.2) is 0 Å². The predicted molar refractivity (Wildman–Crippen MR) is 65.0 cm³/mol. The Kier molecular flexibility index (Phi) is 3.34. The molecule has 0 amide bonds. The van der Waals surface area contributed by atoms with Gasteiger partial charge in [0.05, 0.1) is 0 Å². The van der Waals surface area contributed by atoms with Gasteiger partial charge in [0.15, 0.2) is 0 Å². The van der Waals surface area contributed by atoms with E-state index >= 15 is 0 Å². The first-order valence-corrected chi connectivity index (χ1v) is 6.12. The number of anilines is 1. The summed E-state index contributed by atoms with van der Waals surface area (Å²) in [6.45, 7) is 1.06. The summed E-state index contributed by atoms with van der Waals surface area (Å²) in [5.74, 6) is 0.980. The Bertz CT molecular complexity index is 323. The minimum atomic E-state index is 0.768. The molecule has 0 spiro atoms. The highest BCUT2D eigenvalue weighted by Crippen LogP contribution is 2.32. The minimum absolute atomic E-state index is 0.768. The summed E-state index contributed by atoms with van der Waals surface area (Å²) < 4.78 is 1.04. The lowest BCUT2D eigenvalue weighted by atomic mass is 10.2. The second kappa shape index (κ2) is 4.54. The van der Waals surface area contributed by atoms with Crippen LogP contribution in [-0.2, 0) is 0 Å². The van der Waals surface area contributed by atoms with Gasteiger partial charge in [-0.05, 0) is 46.5 Å².